The van der Waals surface area contributed by atoms with E-state index >= 15 is 0 Å². The quantitative estimate of drug-likeness (QED) is 0.270. The van der Waals surface area contributed by atoms with Gasteiger partial charge in [0.1, 0.15) is 6.04 Å². The van der Waals surface area contributed by atoms with Gasteiger partial charge in [0.15, 0.2) is 0 Å². The zero-order valence-electron chi connectivity index (χ0n) is 15.5. The highest BCUT2D eigenvalue weighted by atomic mass is 16.4. The van der Waals surface area contributed by atoms with E-state index in [2.05, 4.69) is 16.0 Å². The molecular weight excluding hydrogens is 340 g/mol. The van der Waals surface area contributed by atoms with Crippen LogP contribution in [-0.2, 0) is 14.4 Å². The van der Waals surface area contributed by atoms with Crippen LogP contribution in [0.15, 0.2) is 0 Å². The summed E-state index contributed by atoms with van der Waals surface area (Å²) in [5.74, 6) is -1.38. The maximum Gasteiger partial charge on any atom is 0.326 e. The van der Waals surface area contributed by atoms with E-state index < -0.39 is 18.0 Å². The molecule has 1 atom stereocenters. The highest BCUT2D eigenvalue weighted by Crippen LogP contribution is 2.05. The summed E-state index contributed by atoms with van der Waals surface area (Å²) in [5, 5.41) is 16.5. The lowest BCUT2D eigenvalue weighted by Gasteiger charge is -2.12. The average Bonchev–Trinajstić information content (AvgIpc) is 2.58. The summed E-state index contributed by atoms with van der Waals surface area (Å²) in [7, 11) is 0. The number of urea groups is 1. The number of carbonyl (C=O) groups excluding carboxylic acids is 3. The summed E-state index contributed by atoms with van der Waals surface area (Å²) in [6.45, 7) is 3.27. The summed E-state index contributed by atoms with van der Waals surface area (Å²) >= 11 is 0. The number of amides is 4. The Bertz CT molecular complexity index is 456. The van der Waals surface area contributed by atoms with Gasteiger partial charge in [-0.15, -0.1) is 0 Å². The van der Waals surface area contributed by atoms with Gasteiger partial charge in [0, 0.05) is 25.9 Å². The molecule has 0 saturated heterocycles. The van der Waals surface area contributed by atoms with E-state index in [9.17, 15) is 19.2 Å². The van der Waals surface area contributed by atoms with Crippen molar-refractivity contribution in [3.8, 4) is 0 Å². The molecular formula is C17H32N4O5. The third-order valence-electron chi connectivity index (χ3n) is 3.75. The third-order valence-corrected chi connectivity index (χ3v) is 3.75. The van der Waals surface area contributed by atoms with Crippen molar-refractivity contribution in [2.75, 3.05) is 13.1 Å². The molecule has 0 aromatic heterocycles. The van der Waals surface area contributed by atoms with Crippen LogP contribution in [-0.4, -0.2) is 48.1 Å². The lowest BCUT2D eigenvalue weighted by molar-refractivity contribution is -0.139. The van der Waals surface area contributed by atoms with Crippen LogP contribution in [0.2, 0.25) is 0 Å². The minimum atomic E-state index is -1.22. The van der Waals surface area contributed by atoms with Gasteiger partial charge in [0.25, 0.3) is 0 Å². The molecule has 0 aromatic rings. The maximum atomic E-state index is 11.7. The van der Waals surface area contributed by atoms with E-state index in [1.807, 2.05) is 6.92 Å². The van der Waals surface area contributed by atoms with Gasteiger partial charge in [-0.2, -0.15) is 0 Å². The molecule has 4 amide bonds. The predicted octanol–water partition coefficient (Wildman–Crippen LogP) is 0.871. The number of nitrogens with one attached hydrogen (secondary N) is 3. The van der Waals surface area contributed by atoms with Gasteiger partial charge in [0.2, 0.25) is 11.8 Å². The summed E-state index contributed by atoms with van der Waals surface area (Å²) in [5.41, 5.74) is 4.89. The first-order chi connectivity index (χ1) is 12.4. The van der Waals surface area contributed by atoms with E-state index in [0.29, 0.717) is 13.0 Å². The van der Waals surface area contributed by atoms with Crippen LogP contribution in [0.5, 0.6) is 0 Å². The number of primary amides is 1. The third kappa shape index (κ3) is 14.1. The Hall–Kier alpha value is -2.32. The van der Waals surface area contributed by atoms with Crippen LogP contribution in [0.4, 0.5) is 4.79 Å². The Balaban J connectivity index is 3.60. The molecule has 0 spiro atoms. The van der Waals surface area contributed by atoms with Crippen molar-refractivity contribution in [2.45, 2.75) is 70.8 Å². The van der Waals surface area contributed by atoms with Crippen LogP contribution in [0.3, 0.4) is 0 Å². The molecule has 0 aromatic carbocycles. The van der Waals surface area contributed by atoms with Gasteiger partial charge >= 0.3 is 12.0 Å². The first kappa shape index (κ1) is 23.7. The minimum Gasteiger partial charge on any atom is -0.480 e. The fourth-order valence-corrected chi connectivity index (χ4v) is 2.31. The van der Waals surface area contributed by atoms with Crippen LogP contribution < -0.4 is 21.7 Å². The second-order valence-corrected chi connectivity index (χ2v) is 6.16. The fourth-order valence-electron chi connectivity index (χ4n) is 2.31. The number of hydrogen-bond acceptors (Lipinski definition) is 4. The number of carboxylic acid groups (broad SMARTS) is 1. The zero-order chi connectivity index (χ0) is 19.8. The number of hydrogen-bond donors (Lipinski definition) is 5. The molecule has 0 saturated carbocycles. The van der Waals surface area contributed by atoms with Gasteiger partial charge in [0.05, 0.1) is 0 Å². The molecule has 0 aliphatic carbocycles. The molecule has 26 heavy (non-hydrogen) atoms. The van der Waals surface area contributed by atoms with Crippen molar-refractivity contribution >= 4 is 23.8 Å². The van der Waals surface area contributed by atoms with Gasteiger partial charge in [-0.25, -0.2) is 9.59 Å². The molecule has 150 valence electrons. The van der Waals surface area contributed by atoms with Crippen molar-refractivity contribution in [2.24, 2.45) is 5.73 Å². The van der Waals surface area contributed by atoms with E-state index in [1.165, 1.54) is 0 Å². The second-order valence-electron chi connectivity index (χ2n) is 6.16. The summed E-state index contributed by atoms with van der Waals surface area (Å²) in [6, 6.07) is -2.09. The topological polar surface area (TPSA) is 151 Å². The normalized spacial score (nSPS) is 11.4. The number of carboxylic acids is 1. The number of unbranched alkanes of at least 4 members (excludes halogenated alkanes) is 4. The van der Waals surface area contributed by atoms with Gasteiger partial charge in [-0.05, 0) is 25.7 Å². The van der Waals surface area contributed by atoms with Gasteiger partial charge < -0.3 is 26.8 Å². The van der Waals surface area contributed by atoms with Crippen LogP contribution in [0, 0.1) is 0 Å². The highest BCUT2D eigenvalue weighted by Gasteiger charge is 2.19. The number of carbonyl (C=O) groups is 4. The Morgan fingerprint density at radius 3 is 2.08 bits per heavy atom. The summed E-state index contributed by atoms with van der Waals surface area (Å²) < 4.78 is 0. The Kier molecular flexibility index (Phi) is 13.6. The molecule has 0 aliphatic heterocycles. The molecule has 9 heteroatoms. The number of aliphatic carboxylic acids is 1. The first-order valence-corrected chi connectivity index (χ1v) is 9.19. The predicted molar refractivity (Wildman–Crippen MR) is 97.4 cm³/mol. The molecule has 0 aliphatic rings. The van der Waals surface area contributed by atoms with Gasteiger partial charge in [-0.1, -0.05) is 26.2 Å². The maximum absolute atomic E-state index is 11.7. The summed E-state index contributed by atoms with van der Waals surface area (Å²) in [4.78, 5) is 44.6. The lowest BCUT2D eigenvalue weighted by atomic mass is 10.1. The van der Waals surface area contributed by atoms with E-state index in [-0.39, 0.29) is 24.7 Å². The van der Waals surface area contributed by atoms with Crippen molar-refractivity contribution in [3.63, 3.8) is 0 Å². The zero-order valence-corrected chi connectivity index (χ0v) is 15.5. The first-order valence-electron chi connectivity index (χ1n) is 9.19. The van der Waals surface area contributed by atoms with Crippen molar-refractivity contribution in [1.29, 1.82) is 0 Å². The van der Waals surface area contributed by atoms with Crippen LogP contribution in [0.25, 0.3) is 0 Å². The molecule has 0 rings (SSSR count). The molecule has 6 N–H and O–H groups in total. The minimum absolute atomic E-state index is 0.00409. The monoisotopic (exact) mass is 372 g/mol. The molecule has 0 unspecified atom stereocenters. The average molecular weight is 372 g/mol. The molecule has 0 radical (unpaired) electrons. The smallest absolute Gasteiger partial charge is 0.326 e. The Morgan fingerprint density at radius 1 is 0.885 bits per heavy atom. The van der Waals surface area contributed by atoms with Crippen molar-refractivity contribution < 1.29 is 24.3 Å². The van der Waals surface area contributed by atoms with E-state index in [0.717, 1.165) is 45.1 Å². The largest absolute Gasteiger partial charge is 0.480 e. The standard InChI is InChI=1S/C17H32N4O5/c1-2-11-19-14(22)8-6-4-3-5-7-12-20-15(23)10-9-13(16(24)25)21-17(18)26/h13H,2-12H2,1H3,(H,19,22)(H,20,23)(H,24,25)(H3,18,21,26)/t13-/m0/s1. The SMILES string of the molecule is CCCNC(=O)CCCCCCCNC(=O)CC[C@H](NC(N)=O)C(=O)O. The highest BCUT2D eigenvalue weighted by molar-refractivity contribution is 5.82. The summed E-state index contributed by atoms with van der Waals surface area (Å²) in [6.07, 6.45) is 6.12. The Morgan fingerprint density at radius 2 is 1.46 bits per heavy atom. The molecule has 9 nitrogen and oxygen atoms in total. The molecule has 0 fully saturated rings. The van der Waals surface area contributed by atoms with Crippen molar-refractivity contribution in [3.05, 3.63) is 0 Å². The lowest BCUT2D eigenvalue weighted by Crippen LogP contribution is -2.44. The molecule has 0 heterocycles. The second kappa shape index (κ2) is 15.0. The van der Waals surface area contributed by atoms with E-state index in [1.54, 1.807) is 0 Å². The Labute approximate surface area is 154 Å². The molecule has 0 bridgehead atoms. The fraction of sp³-hybridized carbons (Fsp3) is 0.765. The van der Waals surface area contributed by atoms with Crippen LogP contribution >= 0.6 is 0 Å². The number of nitrogens with two attached hydrogens (primary N) is 1. The number of rotatable bonds is 15. The van der Waals surface area contributed by atoms with Crippen LogP contribution in [0.1, 0.15) is 64.7 Å². The van der Waals surface area contributed by atoms with Gasteiger partial charge in [-0.3, -0.25) is 9.59 Å². The van der Waals surface area contributed by atoms with Crippen molar-refractivity contribution in [1.82, 2.24) is 16.0 Å². The van der Waals surface area contributed by atoms with E-state index in [4.69, 9.17) is 10.8 Å².